The Bertz CT molecular complexity index is 605. The molecule has 2 aliphatic rings. The van der Waals surface area contributed by atoms with Gasteiger partial charge in [-0.3, -0.25) is 0 Å². The Morgan fingerprint density at radius 2 is 1.62 bits per heavy atom. The number of hydrogen-bond acceptors (Lipinski definition) is 0. The van der Waals surface area contributed by atoms with E-state index in [2.05, 4.69) is 59.0 Å². The van der Waals surface area contributed by atoms with E-state index in [0.29, 0.717) is 0 Å². The standard InChI is InChI=1S/C13H21.C5H5.C2H6Si.2ClH.Hf/c1-5-10-9-11(6-2)13(8-4)12(10)7-3;1-2-4-5-3-1;1-3-2;;;/h10H,5-8H2,1-4H3;1-3H,4H2;1-2H3;2*1H;. The number of hydrogen-bond donors (Lipinski definition) is 0. The molecule has 136 valence electrons. The molecule has 0 fully saturated rings. The molecule has 0 amide bonds. The van der Waals surface area contributed by atoms with Crippen molar-refractivity contribution in [1.82, 2.24) is 0 Å². The Hall–Kier alpha value is 0.627. The van der Waals surface area contributed by atoms with Gasteiger partial charge in [-0.25, -0.2) is 0 Å². The van der Waals surface area contributed by atoms with E-state index in [1.165, 1.54) is 32.1 Å². The number of halogens is 2. The van der Waals surface area contributed by atoms with Crippen molar-refractivity contribution in [1.29, 1.82) is 0 Å². The Morgan fingerprint density at radius 1 is 1.00 bits per heavy atom. The van der Waals surface area contributed by atoms with E-state index in [-0.39, 0.29) is 30.3 Å². The SMILES string of the molecule is CCC1=C(CC)C(CC)[C]([Hf]([C]2=CC=CC2)=[Si](C)C)=C1CC.Cl.Cl. The van der Waals surface area contributed by atoms with Gasteiger partial charge in [0.1, 0.15) is 0 Å². The molecule has 0 bridgehead atoms. The fourth-order valence-electron chi connectivity index (χ4n) is 4.43. The largest absolute Gasteiger partial charge is 0.147 e. The van der Waals surface area contributed by atoms with E-state index in [1.54, 1.807) is 5.57 Å². The molecule has 4 heteroatoms. The molecule has 0 aromatic carbocycles. The van der Waals surface area contributed by atoms with E-state index < -0.39 is 20.1 Å². The van der Waals surface area contributed by atoms with Crippen LogP contribution in [-0.4, -0.2) is 5.49 Å². The summed E-state index contributed by atoms with van der Waals surface area (Å²) >= 11 is -1.82. The first-order chi connectivity index (χ1) is 10.6. The number of allylic oxidation sites excluding steroid dienone is 8. The van der Waals surface area contributed by atoms with Crippen LogP contribution in [0.5, 0.6) is 0 Å². The van der Waals surface area contributed by atoms with Gasteiger partial charge in [-0.2, -0.15) is 0 Å². The molecule has 0 saturated heterocycles. The first-order valence-electron chi connectivity index (χ1n) is 9.09. The van der Waals surface area contributed by atoms with Crippen LogP contribution in [0.25, 0.3) is 0 Å². The van der Waals surface area contributed by atoms with Crippen molar-refractivity contribution in [3.63, 3.8) is 0 Å². The molecule has 0 nitrogen and oxygen atoms in total. The van der Waals surface area contributed by atoms with Gasteiger partial charge in [-0.15, -0.1) is 24.8 Å². The number of rotatable bonds is 6. The molecule has 0 heterocycles. The maximum absolute atomic E-state index is 2.61. The maximum atomic E-state index is 2.61. The predicted molar refractivity (Wildman–Crippen MR) is 113 cm³/mol. The summed E-state index contributed by atoms with van der Waals surface area (Å²) in [5.74, 6) is 0.818. The van der Waals surface area contributed by atoms with Gasteiger partial charge in [0.25, 0.3) is 0 Å². The monoisotopic (exact) mass is 552 g/mol. The van der Waals surface area contributed by atoms with Crippen LogP contribution in [0.2, 0.25) is 13.1 Å². The molecular formula is C20H34Cl2HfSi. The fraction of sp³-hybridized carbons (Fsp3) is 0.600. The van der Waals surface area contributed by atoms with Gasteiger partial charge in [0.15, 0.2) is 0 Å². The van der Waals surface area contributed by atoms with Crippen molar-refractivity contribution in [3.8, 4) is 0 Å². The average Bonchev–Trinajstić information content (AvgIpc) is 3.12. The Morgan fingerprint density at radius 3 is 2.00 bits per heavy atom. The smallest absolute Gasteiger partial charge is 0.147 e. The molecule has 0 aromatic rings. The molecule has 1 unspecified atom stereocenters. The van der Waals surface area contributed by atoms with Crippen LogP contribution in [0, 0.1) is 5.92 Å². The van der Waals surface area contributed by atoms with Gasteiger partial charge in [0, 0.05) is 0 Å². The maximum Gasteiger partial charge on any atom is -0.147 e. The van der Waals surface area contributed by atoms with E-state index >= 15 is 0 Å². The summed E-state index contributed by atoms with van der Waals surface area (Å²) in [6.45, 7) is 14.8. The minimum Gasteiger partial charge on any atom is -0.147 e. The summed E-state index contributed by atoms with van der Waals surface area (Å²) in [7, 11) is 0. The quantitative estimate of drug-likeness (QED) is 0.303. The van der Waals surface area contributed by atoms with Crippen LogP contribution in [0.15, 0.2) is 41.6 Å². The normalized spacial score (nSPS) is 19.2. The summed E-state index contributed by atoms with van der Waals surface area (Å²) in [6, 6.07) is 0. The summed E-state index contributed by atoms with van der Waals surface area (Å²) in [4.78, 5) is 0. The molecule has 2 aliphatic carbocycles. The molecule has 0 N–H and O–H groups in total. The zero-order valence-electron chi connectivity index (χ0n) is 16.2. The second-order valence-corrected chi connectivity index (χ2v) is 30.4. The fourth-order valence-corrected chi connectivity index (χ4v) is 30.7. The predicted octanol–water partition coefficient (Wildman–Crippen LogP) is 7.36. The van der Waals surface area contributed by atoms with Crippen LogP contribution in [0.3, 0.4) is 0 Å². The first kappa shape index (κ1) is 24.6. The van der Waals surface area contributed by atoms with Crippen molar-refractivity contribution >= 4 is 30.3 Å². The van der Waals surface area contributed by atoms with E-state index in [9.17, 15) is 0 Å². The van der Waals surface area contributed by atoms with Crippen molar-refractivity contribution in [2.24, 2.45) is 5.92 Å². The molecule has 1 atom stereocenters. The third-order valence-corrected chi connectivity index (χ3v) is 29.7. The molecule has 0 aromatic heterocycles. The third kappa shape index (κ3) is 4.67. The zero-order valence-corrected chi connectivity index (χ0v) is 22.4. The molecule has 0 aliphatic heterocycles. The van der Waals surface area contributed by atoms with Gasteiger partial charge in [-0.1, -0.05) is 0 Å². The van der Waals surface area contributed by atoms with E-state index in [1.807, 2.05) is 17.8 Å². The van der Waals surface area contributed by atoms with Gasteiger partial charge >= 0.3 is 146 Å². The second-order valence-electron chi connectivity index (χ2n) is 6.62. The average molecular weight is 552 g/mol. The van der Waals surface area contributed by atoms with Crippen molar-refractivity contribution in [3.05, 3.63) is 41.6 Å². The van der Waals surface area contributed by atoms with Gasteiger partial charge in [-0.05, 0) is 0 Å². The van der Waals surface area contributed by atoms with E-state index in [0.717, 1.165) is 5.92 Å². The molecular weight excluding hydrogens is 518 g/mol. The van der Waals surface area contributed by atoms with Crippen LogP contribution in [0.4, 0.5) is 0 Å². The van der Waals surface area contributed by atoms with E-state index in [4.69, 9.17) is 0 Å². The molecule has 0 spiro atoms. The van der Waals surface area contributed by atoms with Gasteiger partial charge in [0.2, 0.25) is 0 Å². The summed E-state index contributed by atoms with van der Waals surface area (Å²) in [5.41, 5.74) is 5.24. The minimum atomic E-state index is -1.82. The van der Waals surface area contributed by atoms with Crippen molar-refractivity contribution in [2.75, 3.05) is 0 Å². The second kappa shape index (κ2) is 11.4. The molecule has 0 saturated carbocycles. The summed E-state index contributed by atoms with van der Waals surface area (Å²) in [6.07, 6.45) is 13.6. The van der Waals surface area contributed by atoms with Gasteiger partial charge < -0.3 is 0 Å². The molecule has 2 rings (SSSR count). The Labute approximate surface area is 169 Å². The Kier molecular flexibility index (Phi) is 11.7. The summed E-state index contributed by atoms with van der Waals surface area (Å²) in [5, 5.41) is 0. The van der Waals surface area contributed by atoms with Crippen LogP contribution < -0.4 is 0 Å². The van der Waals surface area contributed by atoms with Crippen LogP contribution >= 0.6 is 24.8 Å². The van der Waals surface area contributed by atoms with Crippen molar-refractivity contribution < 1.29 is 20.1 Å². The summed E-state index contributed by atoms with van der Waals surface area (Å²) < 4.78 is 3.94. The third-order valence-electron chi connectivity index (χ3n) is 5.20. The molecule has 24 heavy (non-hydrogen) atoms. The molecule has 0 radical (unpaired) electrons. The van der Waals surface area contributed by atoms with Crippen molar-refractivity contribution in [2.45, 2.75) is 72.9 Å². The van der Waals surface area contributed by atoms with Crippen LogP contribution in [-0.2, 0) is 20.1 Å². The van der Waals surface area contributed by atoms with Gasteiger partial charge in [0.05, 0.1) is 0 Å². The zero-order chi connectivity index (χ0) is 16.3. The van der Waals surface area contributed by atoms with Crippen LogP contribution in [0.1, 0.15) is 59.8 Å². The topological polar surface area (TPSA) is 0 Å². The Balaban J connectivity index is 0.00000264. The minimum absolute atomic E-state index is 0. The first-order valence-corrected chi connectivity index (χ1v) is 20.6.